The summed E-state index contributed by atoms with van der Waals surface area (Å²) in [6.45, 7) is 7.11. The molecule has 2 aliphatic rings. The van der Waals surface area contributed by atoms with E-state index in [1.54, 1.807) is 23.1 Å². The van der Waals surface area contributed by atoms with Gasteiger partial charge in [0.1, 0.15) is 17.6 Å². The number of rotatable bonds is 10. The Balaban J connectivity index is 1.34. The van der Waals surface area contributed by atoms with Crippen molar-refractivity contribution in [2.24, 2.45) is 11.8 Å². The van der Waals surface area contributed by atoms with E-state index >= 15 is 0 Å². The first-order chi connectivity index (χ1) is 21.3. The number of ether oxygens (including phenoxy) is 2. The number of nitrogens with one attached hydrogen (secondary N) is 2. The summed E-state index contributed by atoms with van der Waals surface area (Å²) in [7, 11) is 2.05. The number of aliphatic hydroxyl groups excluding tert-OH is 1. The van der Waals surface area contributed by atoms with E-state index in [0.29, 0.717) is 36.6 Å². The molecule has 1 unspecified atom stereocenters. The van der Waals surface area contributed by atoms with Crippen LogP contribution in [-0.2, 0) is 11.3 Å². The fraction of sp³-hybridized carbons (Fsp3) is 0.429. The predicted octanol–water partition coefficient (Wildman–Crippen LogP) is 4.77. The molecule has 2 heterocycles. The molecular formula is C35H44N4O5. The zero-order valence-electron chi connectivity index (χ0n) is 25.9. The number of amides is 2. The van der Waals surface area contributed by atoms with Crippen LogP contribution in [0.5, 0.6) is 17.2 Å². The highest BCUT2D eigenvalue weighted by Crippen LogP contribution is 2.35. The van der Waals surface area contributed by atoms with Gasteiger partial charge in [-0.25, -0.2) is 0 Å². The van der Waals surface area contributed by atoms with E-state index in [2.05, 4.69) is 34.6 Å². The molecule has 0 radical (unpaired) electrons. The first-order valence-electron chi connectivity index (χ1n) is 15.6. The molecule has 1 saturated heterocycles. The SMILES string of the molecule is C[C@H]1CN([C@@H](C)CO)C(=O)c2cccc(NC(=O)C3CCNCC3)c2OC1CN(C)Cc1ccc(Oc2ccccc2)cc1. The third-order valence-electron chi connectivity index (χ3n) is 8.51. The number of anilines is 1. The summed E-state index contributed by atoms with van der Waals surface area (Å²) >= 11 is 0. The molecule has 5 rings (SSSR count). The number of aliphatic hydroxyl groups is 1. The van der Waals surface area contributed by atoms with Gasteiger partial charge in [0.25, 0.3) is 5.91 Å². The molecule has 0 saturated carbocycles. The Morgan fingerprint density at radius 3 is 2.48 bits per heavy atom. The molecule has 0 spiro atoms. The van der Waals surface area contributed by atoms with Crippen molar-refractivity contribution < 1.29 is 24.2 Å². The fourth-order valence-corrected chi connectivity index (χ4v) is 5.85. The third kappa shape index (κ3) is 7.77. The van der Waals surface area contributed by atoms with Crippen molar-refractivity contribution in [1.29, 1.82) is 0 Å². The lowest BCUT2D eigenvalue weighted by Gasteiger charge is -2.38. The monoisotopic (exact) mass is 600 g/mol. The molecule has 3 aromatic rings. The van der Waals surface area contributed by atoms with Crippen LogP contribution in [0.25, 0.3) is 0 Å². The molecule has 9 heteroatoms. The van der Waals surface area contributed by atoms with Crippen molar-refractivity contribution in [3.05, 3.63) is 83.9 Å². The molecule has 0 bridgehead atoms. The van der Waals surface area contributed by atoms with Crippen LogP contribution >= 0.6 is 0 Å². The van der Waals surface area contributed by atoms with Gasteiger partial charge in [0.2, 0.25) is 5.91 Å². The van der Waals surface area contributed by atoms with Crippen LogP contribution in [0, 0.1) is 11.8 Å². The van der Waals surface area contributed by atoms with Gasteiger partial charge in [-0.3, -0.25) is 14.5 Å². The number of para-hydroxylation sites is 2. The molecule has 1 fully saturated rings. The van der Waals surface area contributed by atoms with Gasteiger partial charge >= 0.3 is 0 Å². The number of nitrogens with zero attached hydrogens (tertiary/aromatic N) is 2. The van der Waals surface area contributed by atoms with Gasteiger partial charge in [-0.2, -0.15) is 0 Å². The number of carbonyl (C=O) groups is 2. The van der Waals surface area contributed by atoms with E-state index in [1.807, 2.05) is 56.4 Å². The topological polar surface area (TPSA) is 103 Å². The summed E-state index contributed by atoms with van der Waals surface area (Å²) < 4.78 is 12.6. The van der Waals surface area contributed by atoms with Crippen molar-refractivity contribution in [2.45, 2.75) is 45.4 Å². The third-order valence-corrected chi connectivity index (χ3v) is 8.51. The van der Waals surface area contributed by atoms with E-state index in [9.17, 15) is 14.7 Å². The van der Waals surface area contributed by atoms with Crippen LogP contribution in [0.15, 0.2) is 72.8 Å². The van der Waals surface area contributed by atoms with E-state index in [-0.39, 0.29) is 42.4 Å². The number of hydrogen-bond acceptors (Lipinski definition) is 7. The smallest absolute Gasteiger partial charge is 0.258 e. The van der Waals surface area contributed by atoms with Gasteiger partial charge in [-0.05, 0) is 81.9 Å². The maximum absolute atomic E-state index is 13.8. The Bertz CT molecular complexity index is 1390. The molecular weight excluding hydrogens is 556 g/mol. The van der Waals surface area contributed by atoms with Crippen molar-refractivity contribution in [3.8, 4) is 17.2 Å². The molecule has 0 aromatic heterocycles. The zero-order chi connectivity index (χ0) is 31.1. The number of piperidine rings is 1. The van der Waals surface area contributed by atoms with E-state index in [4.69, 9.17) is 9.47 Å². The van der Waals surface area contributed by atoms with Crippen LogP contribution < -0.4 is 20.1 Å². The second-order valence-electron chi connectivity index (χ2n) is 12.1. The average molecular weight is 601 g/mol. The standard InChI is InChI=1S/C35H44N4O5/c1-24-20-39(25(2)23-40)35(42)30-10-7-11-31(37-34(41)27-16-18-36-19-17-27)33(30)44-32(24)22-38(3)21-26-12-14-29(15-13-26)43-28-8-5-4-6-9-28/h4-15,24-25,27,32,36,40H,16-23H2,1-3H3,(H,37,41)/t24-,25-,32?/m0/s1. The number of likely N-dealkylation sites (N-methyl/N-ethyl adjacent to an activating group) is 1. The zero-order valence-corrected chi connectivity index (χ0v) is 25.9. The second kappa shape index (κ2) is 14.7. The molecule has 9 nitrogen and oxygen atoms in total. The minimum absolute atomic E-state index is 0.0432. The van der Waals surface area contributed by atoms with Gasteiger partial charge in [0, 0.05) is 31.5 Å². The summed E-state index contributed by atoms with van der Waals surface area (Å²) in [5.41, 5.74) is 2.03. The highest BCUT2D eigenvalue weighted by Gasteiger charge is 2.35. The predicted molar refractivity (Wildman–Crippen MR) is 171 cm³/mol. The lowest BCUT2D eigenvalue weighted by molar-refractivity contribution is -0.120. The Hall–Kier alpha value is -3.92. The van der Waals surface area contributed by atoms with E-state index in [0.717, 1.165) is 43.0 Å². The van der Waals surface area contributed by atoms with Crippen LogP contribution in [0.2, 0.25) is 0 Å². The average Bonchev–Trinajstić information content (AvgIpc) is 3.04. The summed E-state index contributed by atoms with van der Waals surface area (Å²) in [5, 5.41) is 16.4. The molecule has 0 aliphatic carbocycles. The van der Waals surface area contributed by atoms with Crippen LogP contribution in [0.1, 0.15) is 42.6 Å². The molecule has 44 heavy (non-hydrogen) atoms. The van der Waals surface area contributed by atoms with Gasteiger partial charge < -0.3 is 30.1 Å². The van der Waals surface area contributed by atoms with E-state index in [1.165, 1.54) is 0 Å². The minimum atomic E-state index is -0.362. The van der Waals surface area contributed by atoms with Crippen LogP contribution in [0.3, 0.4) is 0 Å². The molecule has 2 aliphatic heterocycles. The number of hydrogen-bond donors (Lipinski definition) is 3. The lowest BCUT2D eigenvalue weighted by Crippen LogP contribution is -2.49. The van der Waals surface area contributed by atoms with Crippen molar-refractivity contribution in [1.82, 2.24) is 15.1 Å². The van der Waals surface area contributed by atoms with E-state index < -0.39 is 0 Å². The first-order valence-corrected chi connectivity index (χ1v) is 15.6. The number of fused-ring (bicyclic) bond motifs is 1. The highest BCUT2D eigenvalue weighted by atomic mass is 16.5. The maximum atomic E-state index is 13.8. The van der Waals surface area contributed by atoms with Gasteiger partial charge in [0.05, 0.1) is 23.9 Å². The number of benzene rings is 3. The second-order valence-corrected chi connectivity index (χ2v) is 12.1. The Morgan fingerprint density at radius 2 is 1.77 bits per heavy atom. The minimum Gasteiger partial charge on any atom is -0.486 e. The summed E-state index contributed by atoms with van der Waals surface area (Å²) in [5.74, 6) is 1.56. The summed E-state index contributed by atoms with van der Waals surface area (Å²) in [4.78, 5) is 30.9. The normalized spacial score (nSPS) is 19.8. The molecule has 234 valence electrons. The van der Waals surface area contributed by atoms with Gasteiger partial charge in [0.15, 0.2) is 5.75 Å². The number of carbonyl (C=O) groups excluding carboxylic acids is 2. The summed E-state index contributed by atoms with van der Waals surface area (Å²) in [6, 6.07) is 22.7. The fourth-order valence-electron chi connectivity index (χ4n) is 5.85. The molecule has 2 amide bonds. The molecule has 3 atom stereocenters. The molecule has 3 aromatic carbocycles. The highest BCUT2D eigenvalue weighted by molar-refractivity contribution is 6.02. The molecule has 3 N–H and O–H groups in total. The van der Waals surface area contributed by atoms with Crippen molar-refractivity contribution in [3.63, 3.8) is 0 Å². The Morgan fingerprint density at radius 1 is 1.07 bits per heavy atom. The Labute approximate surface area is 260 Å². The Kier molecular flexibility index (Phi) is 10.5. The van der Waals surface area contributed by atoms with Gasteiger partial charge in [-0.1, -0.05) is 43.3 Å². The van der Waals surface area contributed by atoms with Crippen LogP contribution in [-0.4, -0.2) is 78.7 Å². The van der Waals surface area contributed by atoms with Gasteiger partial charge in [-0.15, -0.1) is 0 Å². The van der Waals surface area contributed by atoms with Crippen molar-refractivity contribution >= 4 is 17.5 Å². The quantitative estimate of drug-likeness (QED) is 0.308. The summed E-state index contributed by atoms with van der Waals surface area (Å²) in [6.07, 6.45) is 1.26. The first kappa shape index (κ1) is 31.5. The maximum Gasteiger partial charge on any atom is 0.258 e. The van der Waals surface area contributed by atoms with Crippen LogP contribution in [0.4, 0.5) is 5.69 Å². The van der Waals surface area contributed by atoms with Crippen molar-refractivity contribution in [2.75, 3.05) is 45.2 Å². The largest absolute Gasteiger partial charge is 0.486 e. The lowest BCUT2D eigenvalue weighted by atomic mass is 9.96.